The van der Waals surface area contributed by atoms with E-state index in [1.54, 1.807) is 66.9 Å². The summed E-state index contributed by atoms with van der Waals surface area (Å²) < 4.78 is 6.64. The number of fused-ring (bicyclic) bond motifs is 1. The van der Waals surface area contributed by atoms with Crippen molar-refractivity contribution in [2.45, 2.75) is 6.92 Å². The van der Waals surface area contributed by atoms with E-state index in [9.17, 15) is 14.7 Å². The van der Waals surface area contributed by atoms with Gasteiger partial charge >= 0.3 is 0 Å². The number of hydrazone groups is 1. The number of pyridine rings is 2. The molecule has 2 heterocycles. The first kappa shape index (κ1) is 20.8. The van der Waals surface area contributed by atoms with E-state index in [2.05, 4.69) is 15.5 Å². The molecule has 0 atom stereocenters. The first-order valence-corrected chi connectivity index (χ1v) is 9.93. The van der Waals surface area contributed by atoms with Gasteiger partial charge in [0.25, 0.3) is 11.5 Å². The summed E-state index contributed by atoms with van der Waals surface area (Å²) in [6, 6.07) is 17.0. The second-order valence-electron chi connectivity index (χ2n) is 6.79. The zero-order valence-electron chi connectivity index (χ0n) is 17.2. The molecule has 32 heavy (non-hydrogen) atoms. The van der Waals surface area contributed by atoms with E-state index in [-0.39, 0.29) is 11.4 Å². The second-order valence-corrected chi connectivity index (χ2v) is 6.79. The summed E-state index contributed by atoms with van der Waals surface area (Å²) >= 11 is 0. The van der Waals surface area contributed by atoms with Crippen LogP contribution in [0.3, 0.4) is 0 Å². The molecule has 8 heteroatoms. The lowest BCUT2D eigenvalue weighted by Crippen LogP contribution is -2.21. The largest absolute Gasteiger partial charge is 0.494 e. The monoisotopic (exact) mass is 428 g/mol. The maximum Gasteiger partial charge on any atom is 0.272 e. The summed E-state index contributed by atoms with van der Waals surface area (Å²) in [4.78, 5) is 29.2. The average Bonchev–Trinajstić information content (AvgIpc) is 2.83. The number of aromatic hydroxyl groups is 1. The molecule has 160 valence electrons. The number of rotatable bonds is 6. The fourth-order valence-corrected chi connectivity index (χ4v) is 3.30. The van der Waals surface area contributed by atoms with E-state index in [1.165, 1.54) is 17.0 Å². The molecule has 0 radical (unpaired) electrons. The summed E-state index contributed by atoms with van der Waals surface area (Å²) in [6.45, 7) is 2.40. The van der Waals surface area contributed by atoms with E-state index >= 15 is 0 Å². The summed E-state index contributed by atoms with van der Waals surface area (Å²) in [5.74, 6) is -0.0836. The van der Waals surface area contributed by atoms with Crippen LogP contribution in [0.5, 0.6) is 11.6 Å². The third kappa shape index (κ3) is 4.06. The van der Waals surface area contributed by atoms with Crippen molar-refractivity contribution < 1.29 is 14.6 Å². The smallest absolute Gasteiger partial charge is 0.272 e. The zero-order valence-corrected chi connectivity index (χ0v) is 17.2. The van der Waals surface area contributed by atoms with Gasteiger partial charge in [0, 0.05) is 23.2 Å². The molecule has 2 N–H and O–H groups in total. The Hall–Kier alpha value is -4.46. The van der Waals surface area contributed by atoms with Crippen LogP contribution in [0.4, 0.5) is 0 Å². The number of ether oxygens (including phenoxy) is 1. The van der Waals surface area contributed by atoms with Crippen LogP contribution in [0.1, 0.15) is 22.8 Å². The molecular formula is C24H20N4O4. The molecular weight excluding hydrogens is 408 g/mol. The van der Waals surface area contributed by atoms with Crippen LogP contribution in [0.25, 0.3) is 16.5 Å². The molecule has 0 aliphatic heterocycles. The van der Waals surface area contributed by atoms with Gasteiger partial charge in [-0.3, -0.25) is 14.6 Å². The quantitative estimate of drug-likeness (QED) is 0.362. The lowest BCUT2D eigenvalue weighted by atomic mass is 10.1. The van der Waals surface area contributed by atoms with E-state index in [4.69, 9.17) is 4.74 Å². The first-order chi connectivity index (χ1) is 15.6. The Balaban J connectivity index is 1.76. The molecule has 8 nitrogen and oxygen atoms in total. The molecule has 0 saturated heterocycles. The SMILES string of the molecule is CCOc1ccc(-n2c(O)c(/C=N/NC(=O)c3cccnc3)c3ccccc3c2=O)cc1. The van der Waals surface area contributed by atoms with E-state index in [1.807, 2.05) is 6.92 Å². The van der Waals surface area contributed by atoms with Crippen LogP contribution in [-0.2, 0) is 0 Å². The van der Waals surface area contributed by atoms with Gasteiger partial charge in [0.15, 0.2) is 0 Å². The van der Waals surface area contributed by atoms with Crippen molar-refractivity contribution in [1.29, 1.82) is 0 Å². The average molecular weight is 428 g/mol. The third-order valence-electron chi connectivity index (χ3n) is 4.79. The van der Waals surface area contributed by atoms with Crippen molar-refractivity contribution >= 4 is 22.9 Å². The number of carbonyl (C=O) groups excluding carboxylic acids is 1. The number of nitrogens with one attached hydrogen (secondary N) is 1. The molecule has 0 aliphatic carbocycles. The predicted octanol–water partition coefficient (Wildman–Crippen LogP) is 3.25. The van der Waals surface area contributed by atoms with Gasteiger partial charge < -0.3 is 9.84 Å². The van der Waals surface area contributed by atoms with Crippen LogP contribution in [0, 0.1) is 0 Å². The number of carbonyl (C=O) groups is 1. The van der Waals surface area contributed by atoms with E-state index < -0.39 is 5.91 Å². The minimum atomic E-state index is -0.446. The van der Waals surface area contributed by atoms with Crippen LogP contribution in [0.2, 0.25) is 0 Å². The highest BCUT2D eigenvalue weighted by molar-refractivity contribution is 6.02. The van der Waals surface area contributed by atoms with E-state index in [0.717, 1.165) is 0 Å². The van der Waals surface area contributed by atoms with Crippen molar-refractivity contribution in [2.75, 3.05) is 6.61 Å². The number of amides is 1. The molecule has 0 fully saturated rings. The topological polar surface area (TPSA) is 106 Å². The molecule has 0 unspecified atom stereocenters. The number of nitrogens with zero attached hydrogens (tertiary/aromatic N) is 3. The van der Waals surface area contributed by atoms with Crippen LogP contribution in [-0.4, -0.2) is 33.4 Å². The molecule has 0 aliphatic rings. The van der Waals surface area contributed by atoms with Gasteiger partial charge in [0.05, 0.1) is 29.6 Å². The summed E-state index contributed by atoms with van der Waals surface area (Å²) in [5.41, 5.74) is 3.14. The molecule has 4 rings (SSSR count). The lowest BCUT2D eigenvalue weighted by Gasteiger charge is -2.14. The van der Waals surface area contributed by atoms with Gasteiger partial charge in [-0.1, -0.05) is 18.2 Å². The maximum absolute atomic E-state index is 13.1. The highest BCUT2D eigenvalue weighted by atomic mass is 16.5. The second kappa shape index (κ2) is 9.13. The normalized spacial score (nSPS) is 11.0. The van der Waals surface area contributed by atoms with Crippen molar-refractivity contribution in [3.05, 3.63) is 94.5 Å². The minimum Gasteiger partial charge on any atom is -0.494 e. The predicted molar refractivity (Wildman–Crippen MR) is 122 cm³/mol. The Morgan fingerprint density at radius 3 is 2.56 bits per heavy atom. The summed E-state index contributed by atoms with van der Waals surface area (Å²) in [6.07, 6.45) is 4.30. The van der Waals surface area contributed by atoms with Crippen molar-refractivity contribution in [1.82, 2.24) is 15.0 Å². The highest BCUT2D eigenvalue weighted by Gasteiger charge is 2.16. The molecule has 4 aromatic rings. The van der Waals surface area contributed by atoms with Gasteiger partial charge in [-0.05, 0) is 49.4 Å². The highest BCUT2D eigenvalue weighted by Crippen LogP contribution is 2.26. The molecule has 0 spiro atoms. The number of hydrogen-bond donors (Lipinski definition) is 2. The van der Waals surface area contributed by atoms with Gasteiger partial charge in [-0.15, -0.1) is 0 Å². The molecule has 2 aromatic carbocycles. The Morgan fingerprint density at radius 1 is 1.12 bits per heavy atom. The molecule has 2 aromatic heterocycles. The Kier molecular flexibility index (Phi) is 5.94. The molecule has 0 bridgehead atoms. The van der Waals surface area contributed by atoms with Crippen molar-refractivity contribution in [2.24, 2.45) is 5.10 Å². The summed E-state index contributed by atoms with van der Waals surface area (Å²) in [5, 5.41) is 15.9. The fourth-order valence-electron chi connectivity index (χ4n) is 3.30. The number of hydrogen-bond acceptors (Lipinski definition) is 6. The standard InChI is InChI=1S/C24H20N4O4/c1-2-32-18-11-9-17(10-12-18)28-23(30)20-8-4-3-7-19(20)21(24(28)31)15-26-27-22(29)16-6-5-13-25-14-16/h3-15,31H,2H2,1H3,(H,27,29)/b26-15+. The van der Waals surface area contributed by atoms with Crippen LogP contribution >= 0.6 is 0 Å². The fraction of sp³-hybridized carbons (Fsp3) is 0.0833. The Morgan fingerprint density at radius 2 is 1.88 bits per heavy atom. The Bertz CT molecular complexity index is 1350. The molecule has 1 amide bonds. The van der Waals surface area contributed by atoms with Crippen molar-refractivity contribution in [3.8, 4) is 17.3 Å². The van der Waals surface area contributed by atoms with Crippen LogP contribution in [0.15, 0.2) is 83.0 Å². The van der Waals surface area contributed by atoms with Crippen molar-refractivity contribution in [3.63, 3.8) is 0 Å². The Labute approximate surface area is 183 Å². The van der Waals surface area contributed by atoms with Gasteiger partial charge in [-0.2, -0.15) is 5.10 Å². The zero-order chi connectivity index (χ0) is 22.5. The molecule has 0 saturated carbocycles. The van der Waals surface area contributed by atoms with Gasteiger partial charge in [-0.25, -0.2) is 9.99 Å². The van der Waals surface area contributed by atoms with Gasteiger partial charge in [0.2, 0.25) is 5.88 Å². The summed E-state index contributed by atoms with van der Waals surface area (Å²) in [7, 11) is 0. The number of benzene rings is 2. The van der Waals surface area contributed by atoms with Crippen LogP contribution < -0.4 is 15.7 Å². The van der Waals surface area contributed by atoms with E-state index in [0.29, 0.717) is 39.9 Å². The first-order valence-electron chi connectivity index (χ1n) is 9.93. The number of aromatic nitrogens is 2. The third-order valence-corrected chi connectivity index (χ3v) is 4.79. The maximum atomic E-state index is 13.1. The lowest BCUT2D eigenvalue weighted by molar-refractivity contribution is 0.0954. The van der Waals surface area contributed by atoms with Gasteiger partial charge in [0.1, 0.15) is 5.75 Å². The minimum absolute atomic E-state index is 0.292.